The Hall–Kier alpha value is -3.50. The normalized spacial score (nSPS) is 18.0. The lowest BCUT2D eigenvalue weighted by Crippen LogP contribution is -2.42. The fraction of sp³-hybridized carbons (Fsp3) is 0.375. The highest BCUT2D eigenvalue weighted by Crippen LogP contribution is 2.37. The SMILES string of the molecule is COCCOc1ccc(NC2CCCCC2N)c2c(F)c(Nc3ncccc3C(N)=O)cnc12. The van der Waals surface area contributed by atoms with E-state index in [0.717, 1.165) is 25.7 Å². The summed E-state index contributed by atoms with van der Waals surface area (Å²) in [7, 11) is 1.58. The van der Waals surface area contributed by atoms with Gasteiger partial charge in [0.05, 0.1) is 29.4 Å². The molecule has 3 aromatic rings. The van der Waals surface area contributed by atoms with Gasteiger partial charge in [0.1, 0.15) is 23.7 Å². The highest BCUT2D eigenvalue weighted by atomic mass is 19.1. The van der Waals surface area contributed by atoms with Crippen LogP contribution in [0.5, 0.6) is 5.75 Å². The van der Waals surface area contributed by atoms with E-state index in [1.165, 1.54) is 18.5 Å². The molecule has 2 aromatic heterocycles. The molecular weight excluding hydrogens is 439 g/mol. The molecule has 0 aliphatic heterocycles. The first-order valence-corrected chi connectivity index (χ1v) is 11.3. The Kier molecular flexibility index (Phi) is 7.39. The first kappa shape index (κ1) is 23.7. The molecule has 1 aliphatic rings. The Labute approximate surface area is 197 Å². The van der Waals surface area contributed by atoms with Gasteiger partial charge in [0.2, 0.25) is 0 Å². The number of benzene rings is 1. The molecule has 2 unspecified atom stereocenters. The molecule has 1 aliphatic carbocycles. The van der Waals surface area contributed by atoms with Gasteiger partial charge in [-0.3, -0.25) is 4.79 Å². The number of nitrogens with two attached hydrogens (primary N) is 2. The van der Waals surface area contributed by atoms with Crippen molar-refractivity contribution in [3.8, 4) is 5.75 Å². The van der Waals surface area contributed by atoms with Crippen LogP contribution in [0.2, 0.25) is 0 Å². The van der Waals surface area contributed by atoms with Crippen LogP contribution in [0, 0.1) is 5.82 Å². The minimum Gasteiger partial charge on any atom is -0.489 e. The summed E-state index contributed by atoms with van der Waals surface area (Å²) in [5, 5.41) is 6.55. The molecule has 1 amide bonds. The lowest BCUT2D eigenvalue weighted by atomic mass is 9.90. The van der Waals surface area contributed by atoms with Crippen LogP contribution in [0.4, 0.5) is 21.6 Å². The van der Waals surface area contributed by atoms with Crippen molar-refractivity contribution in [3.63, 3.8) is 0 Å². The number of nitrogens with one attached hydrogen (secondary N) is 2. The monoisotopic (exact) mass is 468 g/mol. The largest absolute Gasteiger partial charge is 0.489 e. The first-order chi connectivity index (χ1) is 16.5. The van der Waals surface area contributed by atoms with Crippen LogP contribution in [0.15, 0.2) is 36.7 Å². The lowest BCUT2D eigenvalue weighted by molar-refractivity contribution is 0.100. The molecule has 180 valence electrons. The second-order valence-electron chi connectivity index (χ2n) is 8.25. The summed E-state index contributed by atoms with van der Waals surface area (Å²) in [5.74, 6) is -0.652. The summed E-state index contributed by atoms with van der Waals surface area (Å²) in [6.45, 7) is 0.682. The van der Waals surface area contributed by atoms with Crippen LogP contribution in [-0.2, 0) is 4.74 Å². The number of hydrogen-bond donors (Lipinski definition) is 4. The molecule has 2 heterocycles. The second kappa shape index (κ2) is 10.6. The molecule has 0 saturated heterocycles. The van der Waals surface area contributed by atoms with E-state index in [2.05, 4.69) is 20.6 Å². The van der Waals surface area contributed by atoms with Gasteiger partial charge in [0.15, 0.2) is 5.82 Å². The standard InChI is InChI=1S/C24H29FN6O3/c1-33-11-12-34-19-9-8-17(30-16-7-3-2-6-15(16)26)20-21(25)18(13-29-22(19)20)31-24-14(23(27)32)5-4-10-28-24/h4-5,8-10,13,15-16,30H,2-3,6-7,11-12,26H2,1H3,(H2,27,32)(H,28,31). The third-order valence-corrected chi connectivity index (χ3v) is 5.95. The van der Waals surface area contributed by atoms with Crippen LogP contribution in [-0.4, -0.2) is 48.3 Å². The third-order valence-electron chi connectivity index (χ3n) is 5.95. The minimum atomic E-state index is -0.674. The predicted molar refractivity (Wildman–Crippen MR) is 129 cm³/mol. The molecule has 2 atom stereocenters. The molecule has 9 nitrogen and oxygen atoms in total. The van der Waals surface area contributed by atoms with Crippen molar-refractivity contribution in [1.29, 1.82) is 0 Å². The maximum absolute atomic E-state index is 16.0. The molecule has 10 heteroatoms. The molecule has 34 heavy (non-hydrogen) atoms. The zero-order chi connectivity index (χ0) is 24.1. The Morgan fingerprint density at radius 2 is 2.00 bits per heavy atom. The number of halogens is 1. The van der Waals surface area contributed by atoms with Crippen molar-refractivity contribution in [2.45, 2.75) is 37.8 Å². The zero-order valence-corrected chi connectivity index (χ0v) is 19.0. The quantitative estimate of drug-likeness (QED) is 0.351. The molecule has 1 fully saturated rings. The van der Waals surface area contributed by atoms with Crippen molar-refractivity contribution in [2.75, 3.05) is 31.0 Å². The Morgan fingerprint density at radius 3 is 2.76 bits per heavy atom. The van der Waals surface area contributed by atoms with Crippen LogP contribution in [0.3, 0.4) is 0 Å². The van der Waals surface area contributed by atoms with E-state index in [4.69, 9.17) is 20.9 Å². The van der Waals surface area contributed by atoms with Crippen molar-refractivity contribution in [3.05, 3.63) is 48.0 Å². The van der Waals surface area contributed by atoms with Crippen LogP contribution < -0.4 is 26.8 Å². The maximum Gasteiger partial charge on any atom is 0.252 e. The van der Waals surface area contributed by atoms with E-state index in [0.29, 0.717) is 30.2 Å². The zero-order valence-electron chi connectivity index (χ0n) is 19.0. The fourth-order valence-electron chi connectivity index (χ4n) is 4.17. The second-order valence-corrected chi connectivity index (χ2v) is 8.25. The highest BCUT2D eigenvalue weighted by Gasteiger charge is 2.24. The van der Waals surface area contributed by atoms with E-state index in [1.54, 1.807) is 25.3 Å². The smallest absolute Gasteiger partial charge is 0.252 e. The van der Waals surface area contributed by atoms with Crippen LogP contribution in [0.25, 0.3) is 10.9 Å². The molecular formula is C24H29FN6O3. The van der Waals surface area contributed by atoms with Gasteiger partial charge in [-0.15, -0.1) is 0 Å². The predicted octanol–water partition coefficient (Wildman–Crippen LogP) is 3.32. The van der Waals surface area contributed by atoms with Crippen LogP contribution in [0.1, 0.15) is 36.0 Å². The number of fused-ring (bicyclic) bond motifs is 1. The summed E-state index contributed by atoms with van der Waals surface area (Å²) < 4.78 is 26.8. The Bertz CT molecular complexity index is 1170. The number of methoxy groups -OCH3 is 1. The summed E-state index contributed by atoms with van der Waals surface area (Å²) in [6, 6.07) is 6.63. The Morgan fingerprint density at radius 1 is 1.18 bits per heavy atom. The third kappa shape index (κ3) is 5.02. The molecule has 1 saturated carbocycles. The minimum absolute atomic E-state index is 0.0190. The number of rotatable bonds is 9. The average molecular weight is 469 g/mol. The molecule has 4 rings (SSSR count). The number of carbonyl (C=O) groups excluding carboxylic acids is 1. The van der Waals surface area contributed by atoms with E-state index in [9.17, 15) is 4.79 Å². The number of ether oxygens (including phenoxy) is 2. The van der Waals surface area contributed by atoms with Gasteiger partial charge in [-0.2, -0.15) is 0 Å². The summed E-state index contributed by atoms with van der Waals surface area (Å²) >= 11 is 0. The number of nitrogens with zero attached hydrogens (tertiary/aromatic N) is 2. The van der Waals surface area contributed by atoms with Crippen molar-refractivity contribution in [2.24, 2.45) is 11.5 Å². The first-order valence-electron chi connectivity index (χ1n) is 11.3. The fourth-order valence-corrected chi connectivity index (χ4v) is 4.17. The van der Waals surface area contributed by atoms with E-state index >= 15 is 4.39 Å². The molecule has 0 bridgehead atoms. The number of aromatic nitrogens is 2. The number of primary amides is 1. The van der Waals surface area contributed by atoms with E-state index in [-0.39, 0.29) is 34.5 Å². The van der Waals surface area contributed by atoms with Gasteiger partial charge in [0.25, 0.3) is 5.91 Å². The van der Waals surface area contributed by atoms with Gasteiger partial charge in [-0.25, -0.2) is 14.4 Å². The molecule has 6 N–H and O–H groups in total. The summed E-state index contributed by atoms with van der Waals surface area (Å²) in [5.41, 5.74) is 12.9. The highest BCUT2D eigenvalue weighted by molar-refractivity contribution is 6.00. The van der Waals surface area contributed by atoms with Gasteiger partial charge in [-0.1, -0.05) is 12.8 Å². The van der Waals surface area contributed by atoms with Gasteiger partial charge in [-0.05, 0) is 37.1 Å². The number of amides is 1. The van der Waals surface area contributed by atoms with E-state index < -0.39 is 11.7 Å². The van der Waals surface area contributed by atoms with Crippen molar-refractivity contribution in [1.82, 2.24) is 9.97 Å². The van der Waals surface area contributed by atoms with Crippen LogP contribution >= 0.6 is 0 Å². The van der Waals surface area contributed by atoms with Crippen molar-refractivity contribution >= 4 is 34.0 Å². The summed E-state index contributed by atoms with van der Waals surface area (Å²) in [4.78, 5) is 20.4. The molecule has 0 spiro atoms. The maximum atomic E-state index is 16.0. The summed E-state index contributed by atoms with van der Waals surface area (Å²) in [6.07, 6.45) is 6.79. The lowest BCUT2D eigenvalue weighted by Gasteiger charge is -2.30. The average Bonchev–Trinajstić information content (AvgIpc) is 2.83. The number of pyridine rings is 2. The number of carbonyl (C=O) groups is 1. The Balaban J connectivity index is 1.77. The molecule has 0 radical (unpaired) electrons. The van der Waals surface area contributed by atoms with Gasteiger partial charge < -0.3 is 31.6 Å². The number of anilines is 3. The van der Waals surface area contributed by atoms with Gasteiger partial charge in [0, 0.05) is 31.1 Å². The van der Waals surface area contributed by atoms with E-state index in [1.807, 2.05) is 0 Å². The molecule has 1 aromatic carbocycles. The topological polar surface area (TPSA) is 137 Å². The number of hydrogen-bond acceptors (Lipinski definition) is 8. The van der Waals surface area contributed by atoms with Gasteiger partial charge >= 0.3 is 0 Å². The van der Waals surface area contributed by atoms with Crippen molar-refractivity contribution < 1.29 is 18.7 Å².